The lowest BCUT2D eigenvalue weighted by atomic mass is 9.92. The first-order valence-corrected chi connectivity index (χ1v) is 5.46. The Labute approximate surface area is 93.0 Å². The number of rotatable bonds is 2. The quantitative estimate of drug-likeness (QED) is 0.675. The van der Waals surface area contributed by atoms with E-state index in [1.807, 2.05) is 0 Å². The molecule has 4 heteroatoms. The Morgan fingerprint density at radius 3 is 2.75 bits per heavy atom. The number of ether oxygens (including phenoxy) is 1. The molecule has 1 saturated carbocycles. The van der Waals surface area contributed by atoms with Gasteiger partial charge in [0.15, 0.2) is 5.78 Å². The summed E-state index contributed by atoms with van der Waals surface area (Å²) in [6.07, 6.45) is 1.26. The Bertz CT molecular complexity index is 418. The number of allylic oxidation sites excluding steroid dienone is 3. The molecule has 2 rings (SSSR count). The van der Waals surface area contributed by atoms with Crippen LogP contribution in [0.5, 0.6) is 0 Å². The average molecular weight is 224 g/mol. The summed E-state index contributed by atoms with van der Waals surface area (Å²) in [7, 11) is 0. The second-order valence-corrected chi connectivity index (χ2v) is 3.88. The fourth-order valence-corrected chi connectivity index (χ4v) is 2.23. The van der Waals surface area contributed by atoms with Crippen LogP contribution in [0.3, 0.4) is 0 Å². The van der Waals surface area contributed by atoms with E-state index < -0.39 is 5.97 Å². The van der Waals surface area contributed by atoms with Crippen LogP contribution in [0.25, 0.3) is 0 Å². The van der Waals surface area contributed by atoms with Crippen molar-refractivity contribution in [2.24, 2.45) is 0 Å². The molecule has 0 aliphatic heterocycles. The summed E-state index contributed by atoms with van der Waals surface area (Å²) >= 11 is 0. The molecule has 0 aromatic heterocycles. The smallest absolute Gasteiger partial charge is 0.334 e. The van der Waals surface area contributed by atoms with Crippen molar-refractivity contribution in [1.82, 2.24) is 0 Å². The molecule has 16 heavy (non-hydrogen) atoms. The maximum Gasteiger partial charge on any atom is 0.334 e. The molecule has 0 unspecified atom stereocenters. The van der Waals surface area contributed by atoms with Gasteiger partial charge in [-0.15, -0.1) is 0 Å². The largest absolute Gasteiger partial charge is 0.463 e. The van der Waals surface area contributed by atoms with Crippen LogP contribution in [0.1, 0.15) is 32.6 Å². The number of Topliss-reactive ketones (excluding diaryl/α,β-unsaturated/α-hetero) is 1. The molecule has 2 aliphatic rings. The number of carbonyl (C=O) groups excluding carboxylic acids is 2. The SMILES string of the molecule is CCOC(=O)C1=C2CCC(=O)C2=C(F)CC1. The van der Waals surface area contributed by atoms with Crippen molar-refractivity contribution in [3.05, 3.63) is 22.5 Å². The van der Waals surface area contributed by atoms with Crippen molar-refractivity contribution in [2.75, 3.05) is 6.61 Å². The Morgan fingerprint density at radius 1 is 1.31 bits per heavy atom. The molecule has 0 amide bonds. The molecule has 0 spiro atoms. The summed E-state index contributed by atoms with van der Waals surface area (Å²) in [5.74, 6) is -0.961. The zero-order chi connectivity index (χ0) is 11.7. The fourth-order valence-electron chi connectivity index (χ4n) is 2.23. The van der Waals surface area contributed by atoms with Gasteiger partial charge in [-0.3, -0.25) is 4.79 Å². The summed E-state index contributed by atoms with van der Waals surface area (Å²) < 4.78 is 18.4. The van der Waals surface area contributed by atoms with Crippen molar-refractivity contribution < 1.29 is 18.7 Å². The van der Waals surface area contributed by atoms with Crippen molar-refractivity contribution in [2.45, 2.75) is 32.6 Å². The molecule has 0 bridgehead atoms. The molecule has 0 saturated heterocycles. The Morgan fingerprint density at radius 2 is 2.06 bits per heavy atom. The predicted octanol–water partition coefficient (Wildman–Crippen LogP) is 2.23. The first-order valence-electron chi connectivity index (χ1n) is 5.46. The molecule has 0 aromatic rings. The number of ketones is 1. The molecule has 0 N–H and O–H groups in total. The minimum atomic E-state index is -0.405. The second-order valence-electron chi connectivity index (χ2n) is 3.88. The first-order chi connectivity index (χ1) is 7.65. The standard InChI is InChI=1S/C12H13FO3/c1-2-16-12(15)8-3-5-9(13)11-7(8)4-6-10(11)14/h2-6H2,1H3. The van der Waals surface area contributed by atoms with E-state index in [0.29, 0.717) is 37.0 Å². The fraction of sp³-hybridized carbons (Fsp3) is 0.500. The number of hydrogen-bond donors (Lipinski definition) is 0. The Balaban J connectivity index is 2.40. The summed E-state index contributed by atoms with van der Waals surface area (Å²) in [4.78, 5) is 23.1. The van der Waals surface area contributed by atoms with Gasteiger partial charge in [-0.25, -0.2) is 9.18 Å². The zero-order valence-corrected chi connectivity index (χ0v) is 9.14. The van der Waals surface area contributed by atoms with Crippen molar-refractivity contribution in [1.29, 1.82) is 0 Å². The molecule has 86 valence electrons. The van der Waals surface area contributed by atoms with E-state index in [4.69, 9.17) is 4.74 Å². The third-order valence-corrected chi connectivity index (χ3v) is 2.93. The van der Waals surface area contributed by atoms with Gasteiger partial charge in [0.25, 0.3) is 0 Å². The molecular formula is C12H13FO3. The zero-order valence-electron chi connectivity index (χ0n) is 9.14. The maximum absolute atomic E-state index is 13.5. The van der Waals surface area contributed by atoms with E-state index in [0.717, 1.165) is 0 Å². The number of fused-ring (bicyclic) bond motifs is 1. The van der Waals surface area contributed by atoms with Crippen LogP contribution in [0.4, 0.5) is 4.39 Å². The van der Waals surface area contributed by atoms with E-state index in [-0.39, 0.29) is 23.6 Å². The van der Waals surface area contributed by atoms with Gasteiger partial charge in [0.1, 0.15) is 5.83 Å². The minimum absolute atomic E-state index is 0.138. The normalized spacial score (nSPS) is 20.2. The van der Waals surface area contributed by atoms with E-state index in [1.165, 1.54) is 0 Å². The average Bonchev–Trinajstić information content (AvgIpc) is 2.62. The molecule has 0 aromatic carbocycles. The molecule has 3 nitrogen and oxygen atoms in total. The van der Waals surface area contributed by atoms with Crippen LogP contribution >= 0.6 is 0 Å². The van der Waals surface area contributed by atoms with Crippen molar-refractivity contribution in [3.8, 4) is 0 Å². The van der Waals surface area contributed by atoms with Gasteiger partial charge in [-0.2, -0.15) is 0 Å². The van der Waals surface area contributed by atoms with Crippen molar-refractivity contribution in [3.63, 3.8) is 0 Å². The van der Waals surface area contributed by atoms with E-state index in [9.17, 15) is 14.0 Å². The lowest BCUT2D eigenvalue weighted by Crippen LogP contribution is -2.14. The van der Waals surface area contributed by atoms with E-state index in [1.54, 1.807) is 6.92 Å². The molecule has 0 heterocycles. The lowest BCUT2D eigenvalue weighted by molar-refractivity contribution is -0.138. The maximum atomic E-state index is 13.5. The van der Waals surface area contributed by atoms with Crippen molar-refractivity contribution >= 4 is 11.8 Å². The van der Waals surface area contributed by atoms with Gasteiger partial charge < -0.3 is 4.74 Å². The van der Waals surface area contributed by atoms with E-state index in [2.05, 4.69) is 0 Å². The summed E-state index contributed by atoms with van der Waals surface area (Å²) in [6, 6.07) is 0. The minimum Gasteiger partial charge on any atom is -0.463 e. The third kappa shape index (κ3) is 1.68. The van der Waals surface area contributed by atoms with Crippen LogP contribution in [0, 0.1) is 0 Å². The monoisotopic (exact) mass is 224 g/mol. The molecule has 0 radical (unpaired) electrons. The number of halogens is 1. The molecule has 2 aliphatic carbocycles. The van der Waals surface area contributed by atoms with Gasteiger partial charge in [0.2, 0.25) is 0 Å². The lowest BCUT2D eigenvalue weighted by Gasteiger charge is -2.16. The van der Waals surface area contributed by atoms with Gasteiger partial charge in [-0.1, -0.05) is 0 Å². The number of esters is 1. The first kappa shape index (κ1) is 11.0. The van der Waals surface area contributed by atoms with Crippen LogP contribution in [-0.4, -0.2) is 18.4 Å². The molecule has 0 atom stereocenters. The van der Waals surface area contributed by atoms with Gasteiger partial charge >= 0.3 is 5.97 Å². The van der Waals surface area contributed by atoms with Crippen LogP contribution in [-0.2, 0) is 14.3 Å². The van der Waals surface area contributed by atoms with Gasteiger partial charge in [0, 0.05) is 18.4 Å². The summed E-state index contributed by atoms with van der Waals surface area (Å²) in [5, 5.41) is 0. The predicted molar refractivity (Wildman–Crippen MR) is 55.3 cm³/mol. The number of carbonyl (C=O) groups is 2. The van der Waals surface area contributed by atoms with Crippen LogP contribution in [0.15, 0.2) is 22.5 Å². The Hall–Kier alpha value is -1.45. The number of hydrogen-bond acceptors (Lipinski definition) is 3. The Kier molecular flexibility index (Phi) is 2.90. The highest BCUT2D eigenvalue weighted by molar-refractivity contribution is 6.06. The van der Waals surface area contributed by atoms with Crippen LogP contribution in [0.2, 0.25) is 0 Å². The highest BCUT2D eigenvalue weighted by Gasteiger charge is 2.34. The van der Waals surface area contributed by atoms with Crippen LogP contribution < -0.4 is 0 Å². The third-order valence-electron chi connectivity index (χ3n) is 2.93. The highest BCUT2D eigenvalue weighted by atomic mass is 19.1. The topological polar surface area (TPSA) is 43.4 Å². The molecular weight excluding hydrogens is 211 g/mol. The summed E-state index contributed by atoms with van der Waals surface area (Å²) in [5.41, 5.74) is 1.21. The van der Waals surface area contributed by atoms with Gasteiger partial charge in [0.05, 0.1) is 12.2 Å². The highest BCUT2D eigenvalue weighted by Crippen LogP contribution is 2.39. The second kappa shape index (κ2) is 4.20. The molecule has 1 fully saturated rings. The van der Waals surface area contributed by atoms with E-state index >= 15 is 0 Å². The summed E-state index contributed by atoms with van der Waals surface area (Å²) in [6.45, 7) is 2.02. The van der Waals surface area contributed by atoms with Gasteiger partial charge in [-0.05, 0) is 25.3 Å².